The minimum Gasteiger partial charge on any atom is -0.492 e. The summed E-state index contributed by atoms with van der Waals surface area (Å²) in [4.78, 5) is 0.925. The van der Waals surface area contributed by atoms with Gasteiger partial charge < -0.3 is 5.11 Å². The minimum atomic E-state index is -1.57. The first kappa shape index (κ1) is 9.74. The number of rotatable bonds is 1. The van der Waals surface area contributed by atoms with Gasteiger partial charge >= 0.3 is 0 Å². The Balaban J connectivity index is 2.47. The van der Waals surface area contributed by atoms with Gasteiger partial charge in [-0.25, -0.2) is 0 Å². The average Bonchev–Trinajstić information content (AvgIpc) is 2.60. The van der Waals surface area contributed by atoms with Gasteiger partial charge in [-0.1, -0.05) is 16.3 Å². The predicted molar refractivity (Wildman–Crippen MR) is 58.5 cm³/mol. The van der Waals surface area contributed by atoms with Crippen molar-refractivity contribution in [1.29, 1.82) is 5.26 Å². The van der Waals surface area contributed by atoms with Gasteiger partial charge in [0.2, 0.25) is 5.88 Å². The van der Waals surface area contributed by atoms with Crippen LogP contribution in [0.25, 0.3) is 0 Å². The molecule has 0 saturated carbocycles. The maximum Gasteiger partial charge on any atom is 0.238 e. The summed E-state index contributed by atoms with van der Waals surface area (Å²) < 4.78 is 4.05. The van der Waals surface area contributed by atoms with E-state index in [2.05, 4.69) is 15.7 Å². The number of aliphatic hydroxyl groups excluding tert-OH is 1. The van der Waals surface area contributed by atoms with Crippen LogP contribution >= 0.6 is 10.2 Å². The maximum atomic E-state index is 9.21. The van der Waals surface area contributed by atoms with E-state index in [-0.39, 0.29) is 5.88 Å². The van der Waals surface area contributed by atoms with Crippen LogP contribution in [0.15, 0.2) is 50.1 Å². The first-order chi connectivity index (χ1) is 7.14. The van der Waals surface area contributed by atoms with Crippen molar-refractivity contribution in [3.63, 3.8) is 0 Å². The molecule has 15 heavy (non-hydrogen) atoms. The van der Waals surface area contributed by atoms with E-state index in [1.807, 2.05) is 18.4 Å². The molecule has 0 radical (unpaired) electrons. The molecule has 5 heteroatoms. The van der Waals surface area contributed by atoms with Crippen LogP contribution < -0.4 is 0 Å². The van der Waals surface area contributed by atoms with Crippen LogP contribution in [0.5, 0.6) is 0 Å². The van der Waals surface area contributed by atoms with Crippen LogP contribution in [-0.4, -0.2) is 11.4 Å². The van der Waals surface area contributed by atoms with Gasteiger partial charge in [0.25, 0.3) is 0 Å². The second-order valence-corrected chi connectivity index (χ2v) is 5.98. The van der Waals surface area contributed by atoms with E-state index in [4.69, 9.17) is 5.26 Å². The van der Waals surface area contributed by atoms with Crippen molar-refractivity contribution in [3.8, 4) is 6.07 Å². The zero-order valence-corrected chi connectivity index (χ0v) is 8.90. The minimum absolute atomic E-state index is 0.0464. The first-order valence-corrected chi connectivity index (χ1v) is 6.32. The Morgan fingerprint density at radius 1 is 1.47 bits per heavy atom. The molecule has 1 aromatic carbocycles. The van der Waals surface area contributed by atoms with Gasteiger partial charge in [0.05, 0.1) is 11.6 Å². The van der Waals surface area contributed by atoms with Crippen LogP contribution in [0.1, 0.15) is 5.56 Å². The molecule has 1 aliphatic rings. The van der Waals surface area contributed by atoms with E-state index in [1.54, 1.807) is 17.5 Å². The van der Waals surface area contributed by atoms with Crippen molar-refractivity contribution in [2.75, 3.05) is 6.26 Å². The third kappa shape index (κ3) is 1.72. The molecule has 0 aliphatic carbocycles. The standard InChI is InChI=1S/C10H9N3OS/c1-15(7-10(14)12-13-15)9-4-2-3-8(5-9)6-11/h2-5,7,14H,1H3. The Labute approximate surface area is 89.0 Å². The highest BCUT2D eigenvalue weighted by atomic mass is 32.3. The summed E-state index contributed by atoms with van der Waals surface area (Å²) in [6.07, 6.45) is 1.91. The molecule has 0 aromatic heterocycles. The Bertz CT molecular complexity index is 504. The number of hydrogen-bond acceptors (Lipinski definition) is 4. The number of benzene rings is 1. The molecule has 2 rings (SSSR count). The van der Waals surface area contributed by atoms with E-state index < -0.39 is 10.2 Å². The van der Waals surface area contributed by atoms with Crippen molar-refractivity contribution < 1.29 is 5.11 Å². The first-order valence-electron chi connectivity index (χ1n) is 4.26. The lowest BCUT2D eigenvalue weighted by molar-refractivity contribution is 0.405. The molecule has 1 N–H and O–H groups in total. The SMILES string of the molecule is CS1(c2cccc(C#N)c2)C=C(O)N=N1. The third-order valence-electron chi connectivity index (χ3n) is 2.09. The second-order valence-electron chi connectivity index (χ2n) is 3.23. The summed E-state index contributed by atoms with van der Waals surface area (Å²) in [5.41, 5.74) is 0.594. The van der Waals surface area contributed by atoms with Gasteiger partial charge in [-0.15, -0.1) is 9.63 Å². The molecule has 1 aromatic rings. The Morgan fingerprint density at radius 2 is 2.27 bits per heavy atom. The average molecular weight is 219 g/mol. The number of hydrogen-bond donors (Lipinski definition) is 1. The summed E-state index contributed by atoms with van der Waals surface area (Å²) in [5, 5.41) is 23.2. The van der Waals surface area contributed by atoms with Crippen LogP contribution in [-0.2, 0) is 0 Å². The molecular weight excluding hydrogens is 210 g/mol. The number of aliphatic hydroxyl groups is 1. The third-order valence-corrected chi connectivity index (χ3v) is 4.39. The molecule has 0 spiro atoms. The smallest absolute Gasteiger partial charge is 0.238 e. The Hall–Kier alpha value is -1.80. The highest BCUT2D eigenvalue weighted by molar-refractivity contribution is 8.34. The van der Waals surface area contributed by atoms with Gasteiger partial charge in [0, 0.05) is 10.3 Å². The normalized spacial score (nSPS) is 27.9. The van der Waals surface area contributed by atoms with Gasteiger partial charge in [-0.2, -0.15) is 5.26 Å². The Kier molecular flexibility index (Phi) is 2.21. The molecule has 0 saturated heterocycles. The number of nitriles is 1. The molecule has 0 fully saturated rings. The van der Waals surface area contributed by atoms with E-state index >= 15 is 0 Å². The summed E-state index contributed by atoms with van der Waals surface area (Å²) >= 11 is 0. The quantitative estimate of drug-likeness (QED) is 0.788. The molecule has 0 bridgehead atoms. The molecule has 0 amide bonds. The largest absolute Gasteiger partial charge is 0.492 e. The van der Waals surface area contributed by atoms with Gasteiger partial charge in [0.1, 0.15) is 0 Å². The lowest BCUT2D eigenvalue weighted by atomic mass is 10.2. The zero-order valence-electron chi connectivity index (χ0n) is 8.08. The molecule has 76 valence electrons. The van der Waals surface area contributed by atoms with Crippen molar-refractivity contribution in [2.24, 2.45) is 9.63 Å². The van der Waals surface area contributed by atoms with Crippen molar-refractivity contribution in [3.05, 3.63) is 41.1 Å². The monoisotopic (exact) mass is 219 g/mol. The lowest BCUT2D eigenvalue weighted by Gasteiger charge is -2.22. The molecule has 1 aliphatic heterocycles. The van der Waals surface area contributed by atoms with Gasteiger partial charge in [-0.05, 0) is 24.5 Å². The fourth-order valence-electron chi connectivity index (χ4n) is 1.32. The maximum absolute atomic E-state index is 9.21. The van der Waals surface area contributed by atoms with Gasteiger partial charge in [0.15, 0.2) is 0 Å². The molecule has 1 unspecified atom stereocenters. The van der Waals surface area contributed by atoms with E-state index in [0.717, 1.165) is 4.90 Å². The fraction of sp³-hybridized carbons (Fsp3) is 0.100. The highest BCUT2D eigenvalue weighted by Gasteiger charge is 2.23. The van der Waals surface area contributed by atoms with Crippen LogP contribution in [0.4, 0.5) is 0 Å². The summed E-state index contributed by atoms with van der Waals surface area (Å²) in [6, 6.07) is 9.30. The second kappa shape index (κ2) is 3.41. The summed E-state index contributed by atoms with van der Waals surface area (Å²) in [7, 11) is -1.57. The lowest BCUT2D eigenvalue weighted by Crippen LogP contribution is -1.89. The summed E-state index contributed by atoms with van der Waals surface area (Å²) in [6.45, 7) is 0. The fourth-order valence-corrected chi connectivity index (χ4v) is 3.02. The molecular formula is C10H9N3OS. The predicted octanol–water partition coefficient (Wildman–Crippen LogP) is 3.09. The van der Waals surface area contributed by atoms with Gasteiger partial charge in [-0.3, -0.25) is 0 Å². The van der Waals surface area contributed by atoms with Crippen molar-refractivity contribution >= 4 is 10.2 Å². The number of nitrogens with zero attached hydrogens (tertiary/aromatic N) is 3. The Morgan fingerprint density at radius 3 is 2.87 bits per heavy atom. The van der Waals surface area contributed by atoms with E-state index in [1.165, 1.54) is 0 Å². The van der Waals surface area contributed by atoms with Crippen molar-refractivity contribution in [2.45, 2.75) is 4.90 Å². The van der Waals surface area contributed by atoms with E-state index in [9.17, 15) is 5.11 Å². The van der Waals surface area contributed by atoms with E-state index in [0.29, 0.717) is 5.56 Å². The van der Waals surface area contributed by atoms with Crippen molar-refractivity contribution in [1.82, 2.24) is 0 Å². The van der Waals surface area contributed by atoms with Crippen LogP contribution in [0, 0.1) is 11.3 Å². The zero-order chi connectivity index (χ0) is 10.9. The molecule has 1 heterocycles. The molecule has 1 atom stereocenters. The topological polar surface area (TPSA) is 68.7 Å². The molecule has 4 nitrogen and oxygen atoms in total. The van der Waals surface area contributed by atoms with Crippen LogP contribution in [0.3, 0.4) is 0 Å². The van der Waals surface area contributed by atoms with Crippen LogP contribution in [0.2, 0.25) is 0 Å². The summed E-state index contributed by atoms with van der Waals surface area (Å²) in [5.74, 6) is -0.0464. The highest BCUT2D eigenvalue weighted by Crippen LogP contribution is 2.59.